The van der Waals surface area contributed by atoms with Gasteiger partial charge in [0.1, 0.15) is 0 Å². The lowest BCUT2D eigenvalue weighted by Gasteiger charge is -2.36. The van der Waals surface area contributed by atoms with Crippen LogP contribution < -0.4 is 5.32 Å². The molecule has 2 N–H and O–H groups in total. The average molecular weight is 295 g/mol. The third kappa shape index (κ3) is 3.80. The molecule has 0 aromatic heterocycles. The zero-order valence-corrected chi connectivity index (χ0v) is 13.7. The normalized spacial score (nSPS) is 39.1. The highest BCUT2D eigenvalue weighted by atomic mass is 16.5. The summed E-state index contributed by atoms with van der Waals surface area (Å²) in [6.45, 7) is 3.93. The van der Waals surface area contributed by atoms with Crippen LogP contribution in [0.4, 0.5) is 0 Å². The van der Waals surface area contributed by atoms with E-state index in [-0.39, 0.29) is 5.60 Å². The van der Waals surface area contributed by atoms with Gasteiger partial charge in [0.05, 0.1) is 17.3 Å². The Bertz CT molecular complexity index is 330. The molecule has 21 heavy (non-hydrogen) atoms. The topological polar surface area (TPSA) is 41.5 Å². The van der Waals surface area contributed by atoms with Gasteiger partial charge in [0.25, 0.3) is 0 Å². The van der Waals surface area contributed by atoms with Crippen LogP contribution in [0.15, 0.2) is 0 Å². The first-order valence-electron chi connectivity index (χ1n) is 9.24. The van der Waals surface area contributed by atoms with Crippen LogP contribution in [-0.4, -0.2) is 35.5 Å². The molecular weight excluding hydrogens is 262 g/mol. The molecule has 0 radical (unpaired) electrons. The minimum atomic E-state index is -0.463. The summed E-state index contributed by atoms with van der Waals surface area (Å²) in [5, 5.41) is 14.2. The average Bonchev–Trinajstić information content (AvgIpc) is 3.10. The quantitative estimate of drug-likeness (QED) is 0.817. The van der Waals surface area contributed by atoms with Gasteiger partial charge in [-0.05, 0) is 57.3 Å². The fourth-order valence-corrected chi connectivity index (χ4v) is 4.69. The fraction of sp³-hybridized carbons (Fsp3) is 1.00. The molecule has 3 rings (SSSR count). The summed E-state index contributed by atoms with van der Waals surface area (Å²) >= 11 is 0. The monoisotopic (exact) mass is 295 g/mol. The second-order valence-corrected chi connectivity index (χ2v) is 7.88. The zero-order valence-electron chi connectivity index (χ0n) is 13.7. The molecule has 2 aliphatic carbocycles. The first kappa shape index (κ1) is 15.8. The Morgan fingerprint density at radius 2 is 1.76 bits per heavy atom. The summed E-state index contributed by atoms with van der Waals surface area (Å²) < 4.78 is 6.32. The maximum atomic E-state index is 10.7. The van der Waals surface area contributed by atoms with Crippen molar-refractivity contribution in [2.45, 2.75) is 94.9 Å². The largest absolute Gasteiger partial charge is 0.389 e. The molecular formula is C18H33NO2. The molecule has 122 valence electrons. The molecule has 1 aliphatic heterocycles. The van der Waals surface area contributed by atoms with E-state index in [1.54, 1.807) is 0 Å². The molecule has 3 aliphatic rings. The van der Waals surface area contributed by atoms with E-state index in [2.05, 4.69) is 12.2 Å². The molecule has 0 aromatic carbocycles. The number of ether oxygens (including phenoxy) is 1. The lowest BCUT2D eigenvalue weighted by molar-refractivity contribution is -0.0412. The van der Waals surface area contributed by atoms with Gasteiger partial charge in [0.2, 0.25) is 0 Å². The standard InChI is InChI=1S/C18H33NO2/c1-2-15-5-10-17(20,11-6-15)14-19-13-16-7-12-18(21-16)8-3-4-9-18/h15-16,19-20H,2-14H2,1H3. The van der Waals surface area contributed by atoms with Crippen LogP contribution in [0.25, 0.3) is 0 Å². The lowest BCUT2D eigenvalue weighted by Crippen LogP contribution is -2.45. The van der Waals surface area contributed by atoms with Crippen molar-refractivity contribution < 1.29 is 9.84 Å². The van der Waals surface area contributed by atoms with Crippen molar-refractivity contribution in [2.24, 2.45) is 5.92 Å². The minimum Gasteiger partial charge on any atom is -0.389 e. The van der Waals surface area contributed by atoms with Gasteiger partial charge in [-0.15, -0.1) is 0 Å². The number of rotatable bonds is 5. The minimum absolute atomic E-state index is 0.239. The molecule has 1 unspecified atom stereocenters. The van der Waals surface area contributed by atoms with Gasteiger partial charge in [-0.25, -0.2) is 0 Å². The van der Waals surface area contributed by atoms with Gasteiger partial charge >= 0.3 is 0 Å². The Labute approximate surface area is 129 Å². The van der Waals surface area contributed by atoms with E-state index in [9.17, 15) is 5.11 Å². The summed E-state index contributed by atoms with van der Waals surface area (Å²) in [5.41, 5.74) is -0.224. The smallest absolute Gasteiger partial charge is 0.0771 e. The molecule has 3 heteroatoms. The van der Waals surface area contributed by atoms with E-state index in [1.807, 2.05) is 0 Å². The van der Waals surface area contributed by atoms with Crippen LogP contribution in [0, 0.1) is 5.92 Å². The van der Waals surface area contributed by atoms with Crippen molar-refractivity contribution in [2.75, 3.05) is 13.1 Å². The highest BCUT2D eigenvalue weighted by Crippen LogP contribution is 2.43. The van der Waals surface area contributed by atoms with Crippen LogP contribution in [0.5, 0.6) is 0 Å². The Hall–Kier alpha value is -0.120. The Morgan fingerprint density at radius 3 is 2.43 bits per heavy atom. The number of hydrogen-bond acceptors (Lipinski definition) is 3. The predicted molar refractivity (Wildman–Crippen MR) is 85.4 cm³/mol. The summed E-state index contributed by atoms with van der Waals surface area (Å²) in [6.07, 6.45) is 13.6. The molecule has 1 atom stereocenters. The first-order chi connectivity index (χ1) is 10.1. The second-order valence-electron chi connectivity index (χ2n) is 7.88. The van der Waals surface area contributed by atoms with Crippen molar-refractivity contribution in [3.63, 3.8) is 0 Å². The predicted octanol–water partition coefficient (Wildman–Crippen LogP) is 3.40. The fourth-order valence-electron chi connectivity index (χ4n) is 4.69. The van der Waals surface area contributed by atoms with Gasteiger partial charge in [0.15, 0.2) is 0 Å². The van der Waals surface area contributed by atoms with E-state index < -0.39 is 5.60 Å². The highest BCUT2D eigenvalue weighted by Gasteiger charge is 2.42. The van der Waals surface area contributed by atoms with Crippen LogP contribution in [0.3, 0.4) is 0 Å². The molecule has 0 bridgehead atoms. The molecule has 1 heterocycles. The van der Waals surface area contributed by atoms with E-state index in [0.717, 1.165) is 31.8 Å². The zero-order chi connectivity index (χ0) is 14.8. The number of aliphatic hydroxyl groups is 1. The van der Waals surface area contributed by atoms with Gasteiger partial charge in [-0.1, -0.05) is 26.2 Å². The molecule has 1 spiro atoms. The van der Waals surface area contributed by atoms with Gasteiger partial charge in [0, 0.05) is 13.1 Å². The maximum Gasteiger partial charge on any atom is 0.0771 e. The molecule has 3 nitrogen and oxygen atoms in total. The van der Waals surface area contributed by atoms with Crippen molar-refractivity contribution in [1.29, 1.82) is 0 Å². The van der Waals surface area contributed by atoms with E-state index in [4.69, 9.17) is 4.74 Å². The first-order valence-corrected chi connectivity index (χ1v) is 9.24. The maximum absolute atomic E-state index is 10.7. The lowest BCUT2D eigenvalue weighted by atomic mass is 9.78. The van der Waals surface area contributed by atoms with Crippen molar-refractivity contribution in [1.82, 2.24) is 5.32 Å². The number of hydrogen-bond donors (Lipinski definition) is 2. The van der Waals surface area contributed by atoms with Crippen LogP contribution >= 0.6 is 0 Å². The Kier molecular flexibility index (Phi) is 4.92. The van der Waals surface area contributed by atoms with Crippen molar-refractivity contribution >= 4 is 0 Å². The van der Waals surface area contributed by atoms with Crippen molar-refractivity contribution in [3.8, 4) is 0 Å². The van der Waals surface area contributed by atoms with Gasteiger partial charge < -0.3 is 15.2 Å². The van der Waals surface area contributed by atoms with Crippen LogP contribution in [-0.2, 0) is 4.74 Å². The highest BCUT2D eigenvalue weighted by molar-refractivity contribution is 4.94. The second kappa shape index (κ2) is 6.55. The van der Waals surface area contributed by atoms with E-state index in [0.29, 0.717) is 6.10 Å². The summed E-state index contributed by atoms with van der Waals surface area (Å²) in [5.74, 6) is 0.839. The summed E-state index contributed by atoms with van der Waals surface area (Å²) in [7, 11) is 0. The third-order valence-electron chi connectivity index (χ3n) is 6.29. The molecule has 2 saturated carbocycles. The molecule has 0 amide bonds. The SMILES string of the molecule is CCC1CCC(O)(CNCC2CCC3(CCCC3)O2)CC1. The van der Waals surface area contributed by atoms with Crippen molar-refractivity contribution in [3.05, 3.63) is 0 Å². The van der Waals surface area contributed by atoms with Gasteiger partial charge in [-0.3, -0.25) is 0 Å². The van der Waals surface area contributed by atoms with E-state index in [1.165, 1.54) is 57.8 Å². The molecule has 1 saturated heterocycles. The summed E-state index contributed by atoms with van der Waals surface area (Å²) in [4.78, 5) is 0. The molecule has 0 aromatic rings. The third-order valence-corrected chi connectivity index (χ3v) is 6.29. The van der Waals surface area contributed by atoms with Gasteiger partial charge in [-0.2, -0.15) is 0 Å². The summed E-state index contributed by atoms with van der Waals surface area (Å²) in [6, 6.07) is 0. The molecule has 3 fully saturated rings. The van der Waals surface area contributed by atoms with Crippen LogP contribution in [0.2, 0.25) is 0 Å². The van der Waals surface area contributed by atoms with E-state index >= 15 is 0 Å². The Balaban J connectivity index is 1.37. The number of nitrogens with one attached hydrogen (secondary N) is 1. The van der Waals surface area contributed by atoms with Crippen LogP contribution in [0.1, 0.15) is 77.6 Å². The Morgan fingerprint density at radius 1 is 1.05 bits per heavy atom.